The molecule has 0 saturated carbocycles. The van der Waals surface area contributed by atoms with Crippen molar-refractivity contribution in [2.45, 2.75) is 33.7 Å². The highest BCUT2D eigenvalue weighted by Gasteiger charge is 2.09. The number of nitrogens with one attached hydrogen (secondary N) is 2. The summed E-state index contributed by atoms with van der Waals surface area (Å²) in [6, 6.07) is 0.496. The number of nitrogens with zero attached hydrogens (tertiary/aromatic N) is 2. The fourth-order valence-electron chi connectivity index (χ4n) is 1.80. The summed E-state index contributed by atoms with van der Waals surface area (Å²) in [7, 11) is 0. The predicted molar refractivity (Wildman–Crippen MR) is 84.7 cm³/mol. The van der Waals surface area contributed by atoms with Gasteiger partial charge < -0.3 is 10.6 Å². The highest BCUT2D eigenvalue weighted by molar-refractivity contribution is 7.98. The molecule has 4 nitrogen and oxygen atoms in total. The minimum atomic E-state index is 0.496. The molecule has 0 aromatic carbocycles. The average Bonchev–Trinajstić information content (AvgIpc) is 2.37. The summed E-state index contributed by atoms with van der Waals surface area (Å²) in [5.74, 6) is 2.04. The SMILES string of the molecule is CCNC(=NCC(C)N(CC)CC)NCCSC. The van der Waals surface area contributed by atoms with Crippen molar-refractivity contribution in [3.63, 3.8) is 0 Å². The fraction of sp³-hybridized carbons (Fsp3) is 0.923. The Morgan fingerprint density at radius 3 is 2.39 bits per heavy atom. The number of aliphatic imine (C=N–C) groups is 1. The molecule has 0 spiro atoms. The van der Waals surface area contributed by atoms with Gasteiger partial charge in [-0.05, 0) is 33.2 Å². The molecule has 0 aliphatic carbocycles. The molecule has 1 unspecified atom stereocenters. The van der Waals surface area contributed by atoms with Gasteiger partial charge in [0.15, 0.2) is 5.96 Å². The monoisotopic (exact) mass is 274 g/mol. The third kappa shape index (κ3) is 7.82. The number of likely N-dealkylation sites (N-methyl/N-ethyl adjacent to an activating group) is 1. The average molecular weight is 274 g/mol. The molecule has 0 radical (unpaired) electrons. The third-order valence-electron chi connectivity index (χ3n) is 2.89. The van der Waals surface area contributed by atoms with E-state index in [-0.39, 0.29) is 0 Å². The van der Waals surface area contributed by atoms with Crippen molar-refractivity contribution in [1.29, 1.82) is 0 Å². The second-order valence-corrected chi connectivity index (χ2v) is 5.20. The van der Waals surface area contributed by atoms with Gasteiger partial charge in [0.05, 0.1) is 6.54 Å². The molecule has 2 N–H and O–H groups in total. The van der Waals surface area contributed by atoms with Crippen molar-refractivity contribution in [2.24, 2.45) is 4.99 Å². The van der Waals surface area contributed by atoms with Gasteiger partial charge in [0.2, 0.25) is 0 Å². The minimum Gasteiger partial charge on any atom is -0.357 e. The summed E-state index contributed by atoms with van der Waals surface area (Å²) >= 11 is 1.84. The Labute approximate surface area is 117 Å². The van der Waals surface area contributed by atoms with Crippen LogP contribution in [0.1, 0.15) is 27.7 Å². The molecule has 0 fully saturated rings. The molecular formula is C13H30N4S. The van der Waals surface area contributed by atoms with E-state index in [2.05, 4.69) is 54.5 Å². The van der Waals surface area contributed by atoms with Crippen molar-refractivity contribution >= 4 is 17.7 Å². The molecule has 5 heteroatoms. The maximum absolute atomic E-state index is 4.65. The quantitative estimate of drug-likeness (QED) is 0.381. The molecule has 0 amide bonds. The fourth-order valence-corrected chi connectivity index (χ4v) is 2.11. The topological polar surface area (TPSA) is 39.7 Å². The van der Waals surface area contributed by atoms with E-state index in [0.717, 1.165) is 44.4 Å². The van der Waals surface area contributed by atoms with E-state index in [1.54, 1.807) is 0 Å². The van der Waals surface area contributed by atoms with Crippen LogP contribution in [0.2, 0.25) is 0 Å². The van der Waals surface area contributed by atoms with Crippen LogP contribution in [-0.2, 0) is 0 Å². The first-order valence-electron chi connectivity index (χ1n) is 6.94. The summed E-state index contributed by atoms with van der Waals surface area (Å²) in [5.41, 5.74) is 0. The van der Waals surface area contributed by atoms with Gasteiger partial charge in [0.25, 0.3) is 0 Å². The van der Waals surface area contributed by atoms with E-state index in [9.17, 15) is 0 Å². The molecule has 0 bridgehead atoms. The molecule has 0 aromatic heterocycles. The summed E-state index contributed by atoms with van der Waals surface area (Å²) < 4.78 is 0. The molecule has 18 heavy (non-hydrogen) atoms. The van der Waals surface area contributed by atoms with E-state index in [4.69, 9.17) is 0 Å². The number of thioether (sulfide) groups is 1. The second-order valence-electron chi connectivity index (χ2n) is 4.21. The highest BCUT2D eigenvalue weighted by Crippen LogP contribution is 1.98. The molecule has 0 heterocycles. The Bertz CT molecular complexity index is 217. The lowest BCUT2D eigenvalue weighted by Crippen LogP contribution is -2.40. The van der Waals surface area contributed by atoms with Crippen LogP contribution in [0, 0.1) is 0 Å². The van der Waals surface area contributed by atoms with Gasteiger partial charge in [0, 0.05) is 24.9 Å². The molecule has 1 atom stereocenters. The van der Waals surface area contributed by atoms with Crippen LogP contribution in [0.15, 0.2) is 4.99 Å². The van der Waals surface area contributed by atoms with E-state index in [1.807, 2.05) is 11.8 Å². The van der Waals surface area contributed by atoms with Crippen molar-refractivity contribution < 1.29 is 0 Å². The summed E-state index contributed by atoms with van der Waals surface area (Å²) in [6.07, 6.45) is 2.12. The summed E-state index contributed by atoms with van der Waals surface area (Å²) in [4.78, 5) is 7.07. The van der Waals surface area contributed by atoms with Crippen molar-refractivity contribution in [1.82, 2.24) is 15.5 Å². The zero-order valence-electron chi connectivity index (χ0n) is 12.6. The first-order valence-corrected chi connectivity index (χ1v) is 8.34. The van der Waals surface area contributed by atoms with Crippen molar-refractivity contribution in [3.8, 4) is 0 Å². The summed E-state index contributed by atoms with van der Waals surface area (Å²) in [6.45, 7) is 13.6. The zero-order chi connectivity index (χ0) is 13.8. The van der Waals surface area contributed by atoms with Gasteiger partial charge >= 0.3 is 0 Å². The van der Waals surface area contributed by atoms with Gasteiger partial charge in [-0.3, -0.25) is 9.89 Å². The van der Waals surface area contributed by atoms with E-state index in [0.29, 0.717) is 6.04 Å². The predicted octanol–water partition coefficient (Wildman–Crippen LogP) is 1.63. The highest BCUT2D eigenvalue weighted by atomic mass is 32.2. The minimum absolute atomic E-state index is 0.496. The molecule has 0 saturated heterocycles. The van der Waals surface area contributed by atoms with Crippen molar-refractivity contribution in [2.75, 3.05) is 44.7 Å². The van der Waals surface area contributed by atoms with Gasteiger partial charge in [-0.2, -0.15) is 11.8 Å². The van der Waals surface area contributed by atoms with Crippen molar-refractivity contribution in [3.05, 3.63) is 0 Å². The number of rotatable bonds is 9. The lowest BCUT2D eigenvalue weighted by Gasteiger charge is -2.25. The normalized spacial score (nSPS) is 13.8. The third-order valence-corrected chi connectivity index (χ3v) is 3.50. The number of hydrogen-bond acceptors (Lipinski definition) is 3. The van der Waals surface area contributed by atoms with E-state index < -0.39 is 0 Å². The molecule has 0 aliphatic heterocycles. The smallest absolute Gasteiger partial charge is 0.191 e. The van der Waals surface area contributed by atoms with Crippen LogP contribution >= 0.6 is 11.8 Å². The maximum atomic E-state index is 4.65. The zero-order valence-corrected chi connectivity index (χ0v) is 13.4. The second kappa shape index (κ2) is 11.7. The standard InChI is InChI=1S/C13H30N4S/c1-6-14-13(15-9-10-18-5)16-11-12(4)17(7-2)8-3/h12H,6-11H2,1-5H3,(H2,14,15,16). The largest absolute Gasteiger partial charge is 0.357 e. The van der Waals surface area contributed by atoms with E-state index in [1.165, 1.54) is 0 Å². The van der Waals surface area contributed by atoms with Crippen LogP contribution < -0.4 is 10.6 Å². The Kier molecular flexibility index (Phi) is 11.4. The molecular weight excluding hydrogens is 244 g/mol. The van der Waals surface area contributed by atoms with Crippen LogP contribution in [-0.4, -0.2) is 61.6 Å². The molecule has 108 valence electrons. The summed E-state index contributed by atoms with van der Waals surface area (Å²) in [5, 5.41) is 6.63. The first kappa shape index (κ1) is 17.6. The Balaban J connectivity index is 4.19. The first-order chi connectivity index (χ1) is 8.69. The van der Waals surface area contributed by atoms with E-state index >= 15 is 0 Å². The lowest BCUT2D eigenvalue weighted by atomic mass is 10.3. The Hall–Kier alpha value is -0.420. The van der Waals surface area contributed by atoms with Crippen LogP contribution in [0.4, 0.5) is 0 Å². The maximum Gasteiger partial charge on any atom is 0.191 e. The molecule has 0 aromatic rings. The number of guanidine groups is 1. The molecule has 0 aliphatic rings. The Morgan fingerprint density at radius 1 is 1.22 bits per heavy atom. The molecule has 0 rings (SSSR count). The van der Waals surface area contributed by atoms with Gasteiger partial charge in [-0.1, -0.05) is 13.8 Å². The van der Waals surface area contributed by atoms with Gasteiger partial charge in [-0.15, -0.1) is 0 Å². The van der Waals surface area contributed by atoms with Gasteiger partial charge in [-0.25, -0.2) is 0 Å². The van der Waals surface area contributed by atoms with Gasteiger partial charge in [0.1, 0.15) is 0 Å². The van der Waals surface area contributed by atoms with Crippen LogP contribution in [0.3, 0.4) is 0 Å². The van der Waals surface area contributed by atoms with Crippen LogP contribution in [0.5, 0.6) is 0 Å². The van der Waals surface area contributed by atoms with Crippen LogP contribution in [0.25, 0.3) is 0 Å². The number of hydrogen-bond donors (Lipinski definition) is 2. The Morgan fingerprint density at radius 2 is 1.89 bits per heavy atom. The lowest BCUT2D eigenvalue weighted by molar-refractivity contribution is 0.237.